The molecule has 7 heteroatoms. The molecule has 1 aliphatic heterocycles. The highest BCUT2D eigenvalue weighted by Gasteiger charge is 2.56. The fourth-order valence-corrected chi connectivity index (χ4v) is 5.16. The molecule has 2 aromatic rings. The molecule has 4 amide bonds. The SMILES string of the molecule is CC(C1CC1)N(Cc1ccccc1)C(=O)CN1C(=O)NC2(CCc3cc(C#N)ccc32)C1=O. The van der Waals surface area contributed by atoms with Crippen molar-refractivity contribution in [1.29, 1.82) is 5.26 Å². The second kappa shape index (κ2) is 8.04. The van der Waals surface area contributed by atoms with Crippen LogP contribution < -0.4 is 5.32 Å². The third kappa shape index (κ3) is 3.66. The molecule has 2 fully saturated rings. The highest BCUT2D eigenvalue weighted by Crippen LogP contribution is 2.42. The fraction of sp³-hybridized carbons (Fsp3) is 0.385. The average molecular weight is 443 g/mol. The van der Waals surface area contributed by atoms with E-state index in [1.54, 1.807) is 23.1 Å². The van der Waals surface area contributed by atoms with Gasteiger partial charge in [-0.15, -0.1) is 0 Å². The third-order valence-corrected chi connectivity index (χ3v) is 7.24. The second-order valence-corrected chi connectivity index (χ2v) is 9.30. The maximum atomic E-state index is 13.5. The Morgan fingerprint density at radius 3 is 2.70 bits per heavy atom. The minimum Gasteiger partial charge on any atom is -0.334 e. The van der Waals surface area contributed by atoms with Crippen LogP contribution in [-0.4, -0.2) is 40.2 Å². The molecule has 0 radical (unpaired) electrons. The number of nitriles is 1. The first-order valence-electron chi connectivity index (χ1n) is 11.4. The van der Waals surface area contributed by atoms with Gasteiger partial charge in [0.15, 0.2) is 0 Å². The monoisotopic (exact) mass is 442 g/mol. The minimum absolute atomic E-state index is 0.0454. The number of benzene rings is 2. The van der Waals surface area contributed by atoms with Gasteiger partial charge < -0.3 is 10.2 Å². The van der Waals surface area contributed by atoms with E-state index < -0.39 is 11.6 Å². The largest absolute Gasteiger partial charge is 0.334 e. The van der Waals surface area contributed by atoms with Crippen LogP contribution in [0.1, 0.15) is 48.4 Å². The maximum Gasteiger partial charge on any atom is 0.325 e. The van der Waals surface area contributed by atoms with Crippen LogP contribution in [0.2, 0.25) is 0 Å². The Bertz CT molecular complexity index is 1170. The zero-order valence-corrected chi connectivity index (χ0v) is 18.6. The van der Waals surface area contributed by atoms with E-state index >= 15 is 0 Å². The van der Waals surface area contributed by atoms with Crippen molar-refractivity contribution < 1.29 is 14.4 Å². The van der Waals surface area contributed by atoms with Crippen molar-refractivity contribution in [1.82, 2.24) is 15.1 Å². The molecule has 1 N–H and O–H groups in total. The molecule has 33 heavy (non-hydrogen) atoms. The number of hydrogen-bond donors (Lipinski definition) is 1. The molecule has 2 aliphatic carbocycles. The van der Waals surface area contributed by atoms with Crippen LogP contribution in [0.3, 0.4) is 0 Å². The average Bonchev–Trinajstić information content (AvgIpc) is 3.58. The molecule has 2 unspecified atom stereocenters. The fourth-order valence-electron chi connectivity index (χ4n) is 5.16. The maximum absolute atomic E-state index is 13.5. The molecular weight excluding hydrogens is 416 g/mol. The second-order valence-electron chi connectivity index (χ2n) is 9.30. The lowest BCUT2D eigenvalue weighted by Crippen LogP contribution is -2.47. The first-order chi connectivity index (χ1) is 15.9. The Kier molecular flexibility index (Phi) is 5.16. The molecule has 7 nitrogen and oxygen atoms in total. The van der Waals surface area contributed by atoms with Crippen molar-refractivity contribution >= 4 is 17.8 Å². The smallest absolute Gasteiger partial charge is 0.325 e. The Morgan fingerprint density at radius 1 is 1.24 bits per heavy atom. The van der Waals surface area contributed by atoms with E-state index in [1.807, 2.05) is 37.3 Å². The van der Waals surface area contributed by atoms with Gasteiger partial charge in [0.25, 0.3) is 5.91 Å². The number of rotatable bonds is 6. The molecule has 2 aromatic carbocycles. The van der Waals surface area contributed by atoms with E-state index in [2.05, 4.69) is 11.4 Å². The molecule has 1 saturated heterocycles. The molecule has 0 bridgehead atoms. The van der Waals surface area contributed by atoms with E-state index in [-0.39, 0.29) is 24.4 Å². The van der Waals surface area contributed by atoms with Gasteiger partial charge in [-0.3, -0.25) is 14.5 Å². The number of carbonyl (C=O) groups excluding carboxylic acids is 3. The van der Waals surface area contributed by atoms with Crippen LogP contribution in [-0.2, 0) is 28.1 Å². The first-order valence-corrected chi connectivity index (χ1v) is 11.4. The van der Waals surface area contributed by atoms with Gasteiger partial charge in [-0.25, -0.2) is 4.79 Å². The lowest BCUT2D eigenvalue weighted by Gasteiger charge is -2.31. The quantitative estimate of drug-likeness (QED) is 0.696. The first kappa shape index (κ1) is 21.2. The zero-order chi connectivity index (χ0) is 23.2. The van der Waals surface area contributed by atoms with Gasteiger partial charge in [0.05, 0.1) is 11.6 Å². The summed E-state index contributed by atoms with van der Waals surface area (Å²) in [4.78, 5) is 42.7. The predicted molar refractivity (Wildman–Crippen MR) is 121 cm³/mol. The zero-order valence-electron chi connectivity index (χ0n) is 18.6. The van der Waals surface area contributed by atoms with Gasteiger partial charge in [0.2, 0.25) is 5.91 Å². The van der Waals surface area contributed by atoms with Crippen LogP contribution in [0.15, 0.2) is 48.5 Å². The number of imide groups is 1. The van der Waals surface area contributed by atoms with Crippen molar-refractivity contribution in [3.05, 3.63) is 70.8 Å². The molecule has 5 rings (SSSR count). The summed E-state index contributed by atoms with van der Waals surface area (Å²) in [7, 11) is 0. The number of fused-ring (bicyclic) bond motifs is 2. The summed E-state index contributed by atoms with van der Waals surface area (Å²) in [5.41, 5.74) is 2.02. The van der Waals surface area contributed by atoms with Crippen molar-refractivity contribution in [2.45, 2.75) is 50.7 Å². The van der Waals surface area contributed by atoms with Crippen molar-refractivity contribution in [3.63, 3.8) is 0 Å². The Labute approximate surface area is 193 Å². The summed E-state index contributed by atoms with van der Waals surface area (Å²) in [6.45, 7) is 2.22. The number of nitrogens with one attached hydrogen (secondary N) is 1. The number of hydrogen-bond acceptors (Lipinski definition) is 4. The van der Waals surface area contributed by atoms with Crippen LogP contribution >= 0.6 is 0 Å². The summed E-state index contributed by atoms with van der Waals surface area (Å²) in [6.07, 6.45) is 3.21. The van der Waals surface area contributed by atoms with E-state index in [1.165, 1.54) is 0 Å². The summed E-state index contributed by atoms with van der Waals surface area (Å²) >= 11 is 0. The number of carbonyl (C=O) groups is 3. The van der Waals surface area contributed by atoms with Crippen molar-refractivity contribution in [2.75, 3.05) is 6.54 Å². The highest BCUT2D eigenvalue weighted by molar-refractivity contribution is 6.10. The lowest BCUT2D eigenvalue weighted by atomic mass is 9.91. The van der Waals surface area contributed by atoms with Crippen LogP contribution in [0.25, 0.3) is 0 Å². The van der Waals surface area contributed by atoms with Crippen LogP contribution in [0, 0.1) is 17.2 Å². The Hall–Kier alpha value is -3.66. The number of aryl methyl sites for hydroxylation is 1. The number of nitrogens with zero attached hydrogens (tertiary/aromatic N) is 3. The third-order valence-electron chi connectivity index (χ3n) is 7.24. The summed E-state index contributed by atoms with van der Waals surface area (Å²) in [6, 6.07) is 16.6. The summed E-state index contributed by atoms with van der Waals surface area (Å²) in [5.74, 6) is -0.150. The van der Waals surface area contributed by atoms with Crippen molar-refractivity contribution in [3.8, 4) is 6.07 Å². The predicted octanol–water partition coefficient (Wildman–Crippen LogP) is 3.08. The number of urea groups is 1. The molecule has 3 aliphatic rings. The number of amides is 4. The van der Waals surface area contributed by atoms with Gasteiger partial charge in [-0.05, 0) is 67.3 Å². The van der Waals surface area contributed by atoms with Gasteiger partial charge >= 0.3 is 6.03 Å². The van der Waals surface area contributed by atoms with E-state index in [0.29, 0.717) is 30.9 Å². The van der Waals surface area contributed by atoms with Gasteiger partial charge in [0, 0.05) is 12.6 Å². The topological polar surface area (TPSA) is 93.5 Å². The highest BCUT2D eigenvalue weighted by atomic mass is 16.2. The van der Waals surface area contributed by atoms with E-state index in [0.717, 1.165) is 34.4 Å². The molecule has 1 spiro atoms. The molecule has 2 atom stereocenters. The minimum atomic E-state index is -1.15. The lowest BCUT2D eigenvalue weighted by molar-refractivity contribution is -0.141. The normalized spacial score (nSPS) is 22.1. The molecule has 0 aromatic heterocycles. The van der Waals surface area contributed by atoms with Gasteiger partial charge in [-0.2, -0.15) is 5.26 Å². The van der Waals surface area contributed by atoms with E-state index in [4.69, 9.17) is 5.26 Å². The summed E-state index contributed by atoms with van der Waals surface area (Å²) < 4.78 is 0. The summed E-state index contributed by atoms with van der Waals surface area (Å²) in [5, 5.41) is 12.0. The van der Waals surface area contributed by atoms with E-state index in [9.17, 15) is 14.4 Å². The van der Waals surface area contributed by atoms with Crippen LogP contribution in [0.5, 0.6) is 0 Å². The van der Waals surface area contributed by atoms with Crippen molar-refractivity contribution in [2.24, 2.45) is 5.92 Å². The Morgan fingerprint density at radius 2 is 2.00 bits per heavy atom. The molecule has 1 saturated carbocycles. The van der Waals surface area contributed by atoms with Gasteiger partial charge in [0.1, 0.15) is 12.1 Å². The molecule has 168 valence electrons. The molecular formula is C26H26N4O3. The molecule has 1 heterocycles. The van der Waals surface area contributed by atoms with Gasteiger partial charge in [-0.1, -0.05) is 36.4 Å². The van der Waals surface area contributed by atoms with Crippen LogP contribution in [0.4, 0.5) is 4.79 Å². The Balaban J connectivity index is 1.37. The standard InChI is InChI=1S/C26H26N4O3/c1-17(20-8-9-20)29(15-18-5-3-2-4-6-18)23(31)16-30-24(32)26(28-25(30)33)12-11-21-13-19(14-27)7-10-22(21)26/h2-7,10,13,17,20H,8-9,11-12,15-16H2,1H3,(H,28,33).